The van der Waals surface area contributed by atoms with Gasteiger partial charge < -0.3 is 5.32 Å². The molecule has 1 aromatic heterocycles. The molecule has 8 heteroatoms. The van der Waals surface area contributed by atoms with Crippen LogP contribution in [0.4, 0.5) is 11.4 Å². The summed E-state index contributed by atoms with van der Waals surface area (Å²) in [4.78, 5) is 35.4. The van der Waals surface area contributed by atoms with E-state index in [-0.39, 0.29) is 17.1 Å². The third-order valence-corrected chi connectivity index (χ3v) is 4.22. The van der Waals surface area contributed by atoms with E-state index in [0.29, 0.717) is 16.6 Å². The first-order valence-corrected chi connectivity index (χ1v) is 7.52. The highest BCUT2D eigenvalue weighted by atomic mass is 16.6. The van der Waals surface area contributed by atoms with Gasteiger partial charge in [0.15, 0.2) is 0 Å². The van der Waals surface area contributed by atoms with E-state index in [9.17, 15) is 19.7 Å². The largest absolute Gasteiger partial charge is 0.328 e. The Hall–Kier alpha value is -3.42. The number of anilines is 1. The minimum atomic E-state index is -0.579. The van der Waals surface area contributed by atoms with E-state index >= 15 is 0 Å². The summed E-state index contributed by atoms with van der Waals surface area (Å²) in [7, 11) is 3.11. The second-order valence-electron chi connectivity index (χ2n) is 5.78. The van der Waals surface area contributed by atoms with Gasteiger partial charge in [0.2, 0.25) is 0 Å². The maximum absolute atomic E-state index is 12.5. The maximum atomic E-state index is 12.5. The Bertz CT molecular complexity index is 1080. The number of fused-ring (bicyclic) bond motifs is 1. The number of carbonyl (C=O) groups excluding carboxylic acids is 1. The molecular formula is C17H16N4O4. The van der Waals surface area contributed by atoms with Crippen molar-refractivity contribution in [2.75, 3.05) is 5.32 Å². The summed E-state index contributed by atoms with van der Waals surface area (Å²) in [5.41, 5.74) is 1.59. The van der Waals surface area contributed by atoms with Crippen molar-refractivity contribution in [3.05, 3.63) is 68.1 Å². The van der Waals surface area contributed by atoms with E-state index in [0.717, 1.165) is 5.56 Å². The molecular weight excluding hydrogens is 324 g/mol. The van der Waals surface area contributed by atoms with Gasteiger partial charge in [0, 0.05) is 25.7 Å². The van der Waals surface area contributed by atoms with Crippen LogP contribution in [0.25, 0.3) is 11.0 Å². The lowest BCUT2D eigenvalue weighted by molar-refractivity contribution is -0.383. The number of benzene rings is 2. The smallest absolute Gasteiger partial charge is 0.316 e. The van der Waals surface area contributed by atoms with Crippen LogP contribution in [0, 0.1) is 17.0 Å². The molecule has 1 heterocycles. The number of rotatable bonds is 3. The molecule has 0 saturated heterocycles. The van der Waals surface area contributed by atoms with Crippen LogP contribution in [0.2, 0.25) is 0 Å². The fraction of sp³-hybridized carbons (Fsp3) is 0.176. The van der Waals surface area contributed by atoms with Crippen LogP contribution in [-0.2, 0) is 14.1 Å². The minimum absolute atomic E-state index is 0.0481. The standard InChI is InChI=1S/C17H16N4O4/c1-10-6-4-5-7-11(10)16(22)18-12-8-14-15(9-13(12)21(24)25)20(3)17(23)19(14)2/h4-9H,1-3H3,(H,18,22). The molecule has 0 saturated carbocycles. The molecule has 3 rings (SSSR count). The number of hydrogen-bond donors (Lipinski definition) is 1. The quantitative estimate of drug-likeness (QED) is 0.584. The number of amides is 1. The van der Waals surface area contributed by atoms with Crippen LogP contribution < -0.4 is 11.0 Å². The van der Waals surface area contributed by atoms with Crippen LogP contribution in [-0.4, -0.2) is 20.0 Å². The van der Waals surface area contributed by atoms with Crippen molar-refractivity contribution in [3.63, 3.8) is 0 Å². The number of nitrogens with one attached hydrogen (secondary N) is 1. The van der Waals surface area contributed by atoms with Gasteiger partial charge >= 0.3 is 5.69 Å². The Morgan fingerprint density at radius 2 is 1.72 bits per heavy atom. The summed E-state index contributed by atoms with van der Waals surface area (Å²) in [5.74, 6) is -0.443. The summed E-state index contributed by atoms with van der Waals surface area (Å²) in [5, 5.41) is 14.0. The molecule has 0 fully saturated rings. The van der Waals surface area contributed by atoms with Crippen LogP contribution in [0.15, 0.2) is 41.2 Å². The van der Waals surface area contributed by atoms with Crippen LogP contribution >= 0.6 is 0 Å². The average molecular weight is 340 g/mol. The highest BCUT2D eigenvalue weighted by Gasteiger charge is 2.21. The molecule has 1 amide bonds. The Morgan fingerprint density at radius 1 is 1.12 bits per heavy atom. The highest BCUT2D eigenvalue weighted by Crippen LogP contribution is 2.30. The lowest BCUT2D eigenvalue weighted by Crippen LogP contribution is -2.19. The highest BCUT2D eigenvalue weighted by molar-refractivity contribution is 6.07. The van der Waals surface area contributed by atoms with Gasteiger partial charge in [-0.3, -0.25) is 24.0 Å². The maximum Gasteiger partial charge on any atom is 0.328 e. The van der Waals surface area contributed by atoms with E-state index in [1.807, 2.05) is 0 Å². The van der Waals surface area contributed by atoms with Crippen LogP contribution in [0.5, 0.6) is 0 Å². The molecule has 2 aromatic carbocycles. The first kappa shape index (κ1) is 16.4. The molecule has 0 atom stereocenters. The number of nitro groups is 1. The zero-order chi connectivity index (χ0) is 18.3. The molecule has 0 spiro atoms. The fourth-order valence-electron chi connectivity index (χ4n) is 2.80. The van der Waals surface area contributed by atoms with Gasteiger partial charge in [0.05, 0.1) is 16.0 Å². The molecule has 128 valence electrons. The Labute approximate surface area is 142 Å². The number of nitro benzene ring substituents is 1. The number of aryl methyl sites for hydroxylation is 3. The summed E-state index contributed by atoms with van der Waals surface area (Å²) in [6, 6.07) is 9.71. The predicted molar refractivity (Wildman–Crippen MR) is 93.9 cm³/mol. The number of hydrogen-bond acceptors (Lipinski definition) is 4. The summed E-state index contributed by atoms with van der Waals surface area (Å²) in [6.45, 7) is 1.79. The summed E-state index contributed by atoms with van der Waals surface area (Å²) < 4.78 is 2.71. The zero-order valence-corrected chi connectivity index (χ0v) is 13.9. The number of nitrogens with zero attached hydrogens (tertiary/aromatic N) is 3. The van der Waals surface area contributed by atoms with Gasteiger partial charge in [0.1, 0.15) is 5.69 Å². The lowest BCUT2D eigenvalue weighted by Gasteiger charge is -2.09. The lowest BCUT2D eigenvalue weighted by atomic mass is 10.1. The predicted octanol–water partition coefficient (Wildman–Crippen LogP) is 2.35. The van der Waals surface area contributed by atoms with Gasteiger partial charge in [-0.05, 0) is 24.6 Å². The third kappa shape index (κ3) is 2.67. The normalized spacial score (nSPS) is 10.8. The van der Waals surface area contributed by atoms with Crippen molar-refractivity contribution in [1.29, 1.82) is 0 Å². The number of aromatic nitrogens is 2. The molecule has 0 aliphatic rings. The summed E-state index contributed by atoms with van der Waals surface area (Å²) in [6.07, 6.45) is 0. The monoisotopic (exact) mass is 340 g/mol. The van der Waals surface area contributed by atoms with E-state index in [1.165, 1.54) is 21.3 Å². The second kappa shape index (κ2) is 5.90. The molecule has 0 bridgehead atoms. The van der Waals surface area contributed by atoms with E-state index in [2.05, 4.69) is 5.32 Å². The van der Waals surface area contributed by atoms with E-state index in [4.69, 9.17) is 0 Å². The third-order valence-electron chi connectivity index (χ3n) is 4.22. The molecule has 8 nitrogen and oxygen atoms in total. The Balaban J connectivity index is 2.15. The molecule has 3 aromatic rings. The first-order valence-electron chi connectivity index (χ1n) is 7.52. The number of carbonyl (C=O) groups is 1. The van der Waals surface area contributed by atoms with Crippen molar-refractivity contribution < 1.29 is 9.72 Å². The number of imidazole rings is 1. The fourth-order valence-corrected chi connectivity index (χ4v) is 2.80. The van der Waals surface area contributed by atoms with E-state index in [1.54, 1.807) is 45.3 Å². The van der Waals surface area contributed by atoms with E-state index < -0.39 is 10.8 Å². The van der Waals surface area contributed by atoms with Gasteiger partial charge in [-0.2, -0.15) is 0 Å². The Morgan fingerprint density at radius 3 is 2.32 bits per heavy atom. The zero-order valence-electron chi connectivity index (χ0n) is 13.9. The van der Waals surface area contributed by atoms with Crippen LogP contribution in [0.3, 0.4) is 0 Å². The average Bonchev–Trinajstić information content (AvgIpc) is 2.78. The SMILES string of the molecule is Cc1ccccc1C(=O)Nc1cc2c(cc1[N+](=O)[O-])n(C)c(=O)n2C. The van der Waals surface area contributed by atoms with Crippen molar-refractivity contribution in [3.8, 4) is 0 Å². The van der Waals surface area contributed by atoms with Crippen molar-refractivity contribution >= 4 is 28.3 Å². The second-order valence-corrected chi connectivity index (χ2v) is 5.78. The van der Waals surface area contributed by atoms with Gasteiger partial charge in [-0.1, -0.05) is 18.2 Å². The molecule has 0 unspecified atom stereocenters. The topological polar surface area (TPSA) is 99.2 Å². The molecule has 0 radical (unpaired) electrons. The molecule has 25 heavy (non-hydrogen) atoms. The molecule has 1 N–H and O–H groups in total. The van der Waals surface area contributed by atoms with Gasteiger partial charge in [-0.15, -0.1) is 0 Å². The van der Waals surface area contributed by atoms with Gasteiger partial charge in [0.25, 0.3) is 11.6 Å². The first-order chi connectivity index (χ1) is 11.8. The van der Waals surface area contributed by atoms with Crippen molar-refractivity contribution in [2.45, 2.75) is 6.92 Å². The minimum Gasteiger partial charge on any atom is -0.316 e. The van der Waals surface area contributed by atoms with Crippen molar-refractivity contribution in [1.82, 2.24) is 9.13 Å². The van der Waals surface area contributed by atoms with Crippen molar-refractivity contribution in [2.24, 2.45) is 14.1 Å². The Kier molecular flexibility index (Phi) is 3.88. The molecule has 0 aliphatic heterocycles. The summed E-state index contributed by atoms with van der Waals surface area (Å²) >= 11 is 0. The molecule has 0 aliphatic carbocycles. The van der Waals surface area contributed by atoms with Gasteiger partial charge in [-0.25, -0.2) is 4.79 Å². The van der Waals surface area contributed by atoms with Crippen LogP contribution in [0.1, 0.15) is 15.9 Å².